The van der Waals surface area contributed by atoms with Crippen LogP contribution in [-0.2, 0) is 11.2 Å². The first-order chi connectivity index (χ1) is 17.7. The number of carbonyl (C=O) groups excluding carboxylic acids is 1. The van der Waals surface area contributed by atoms with Gasteiger partial charge < -0.3 is 26.0 Å². The second kappa shape index (κ2) is 11.2. The van der Waals surface area contributed by atoms with Crippen molar-refractivity contribution in [3.05, 3.63) is 89.0 Å². The van der Waals surface area contributed by atoms with E-state index in [0.717, 1.165) is 24.3 Å². The Kier molecular flexibility index (Phi) is 8.24. The van der Waals surface area contributed by atoms with E-state index >= 15 is 0 Å². The molecule has 0 bridgehead atoms. The van der Waals surface area contributed by atoms with Crippen molar-refractivity contribution >= 4 is 29.4 Å². The summed E-state index contributed by atoms with van der Waals surface area (Å²) in [7, 11) is 0. The Hall–Kier alpha value is -4.61. The van der Waals surface area contributed by atoms with Crippen LogP contribution in [0, 0.1) is 0 Å². The Bertz CT molecular complexity index is 1320. The highest BCUT2D eigenvalue weighted by atomic mass is 19.4. The van der Waals surface area contributed by atoms with Crippen molar-refractivity contribution in [2.45, 2.75) is 18.5 Å². The van der Waals surface area contributed by atoms with E-state index in [1.807, 2.05) is 0 Å². The third-order valence-electron chi connectivity index (χ3n) is 5.06. The van der Waals surface area contributed by atoms with Crippen molar-refractivity contribution in [3.8, 4) is 11.5 Å². The van der Waals surface area contributed by atoms with Crippen molar-refractivity contribution in [2.75, 3.05) is 18.1 Å². The summed E-state index contributed by atoms with van der Waals surface area (Å²) in [5.41, 5.74) is 13.5. The van der Waals surface area contributed by atoms with E-state index in [1.54, 1.807) is 18.2 Å². The maximum atomic E-state index is 13.0. The zero-order chi connectivity index (χ0) is 28.1. The Labute approximate surface area is 213 Å². The van der Waals surface area contributed by atoms with Crippen LogP contribution in [0.5, 0.6) is 11.5 Å². The number of carbonyl (C=O) groups is 2. The fraction of sp³-hybridized carbons (Fsp3) is 0.154. The summed E-state index contributed by atoms with van der Waals surface area (Å²) in [6.45, 7) is -1.90. The van der Waals surface area contributed by atoms with Gasteiger partial charge in [-0.05, 0) is 71.8 Å². The lowest BCUT2D eigenvalue weighted by Gasteiger charge is -2.19. The molecule has 0 aromatic heterocycles. The zero-order valence-corrected chi connectivity index (χ0v) is 19.5. The minimum atomic E-state index is -5.75. The number of ether oxygens (including phenoxy) is 2. The van der Waals surface area contributed by atoms with Gasteiger partial charge in [0.1, 0.15) is 11.5 Å². The monoisotopic (exact) mass is 536 g/mol. The number of carboxylic acids is 1. The fourth-order valence-corrected chi connectivity index (χ4v) is 3.20. The maximum Gasteiger partial charge on any atom is 0.456 e. The number of nitrogens with two attached hydrogens (primary N) is 2. The number of anilines is 2. The second-order valence-electron chi connectivity index (χ2n) is 8.13. The van der Waals surface area contributed by atoms with Crippen molar-refractivity contribution < 1.29 is 46.1 Å². The van der Waals surface area contributed by atoms with Crippen LogP contribution in [0.25, 0.3) is 6.08 Å². The van der Waals surface area contributed by atoms with Gasteiger partial charge in [0.2, 0.25) is 0 Å². The topological polar surface area (TPSA) is 125 Å². The first-order valence-corrected chi connectivity index (χ1v) is 10.8. The largest absolute Gasteiger partial charge is 0.487 e. The van der Waals surface area contributed by atoms with Crippen molar-refractivity contribution in [3.63, 3.8) is 0 Å². The lowest BCUT2D eigenvalue weighted by atomic mass is 10.0. The Balaban J connectivity index is 1.63. The number of rotatable bonds is 9. The SMILES string of the molecule is Nc1cc(N)cc(C/C(=C\c2ccc(OC(=O)c3ccc(OCC(F)(F)C(F)(F)F)cc3)cc2)C(=O)O)c1. The number of carboxylic acid groups (broad SMARTS) is 1. The van der Waals surface area contributed by atoms with Gasteiger partial charge in [0.25, 0.3) is 0 Å². The number of hydrogen-bond donors (Lipinski definition) is 3. The molecular formula is C26H21F5N2O5. The van der Waals surface area contributed by atoms with Crippen LogP contribution < -0.4 is 20.9 Å². The molecule has 0 heterocycles. The van der Waals surface area contributed by atoms with Crippen LogP contribution >= 0.6 is 0 Å². The molecule has 0 amide bonds. The molecule has 0 saturated heterocycles. The molecule has 0 fully saturated rings. The number of benzene rings is 3. The molecule has 3 rings (SSSR count). The molecule has 3 aromatic rings. The molecule has 0 aliphatic rings. The van der Waals surface area contributed by atoms with Crippen molar-refractivity contribution in [2.24, 2.45) is 0 Å². The van der Waals surface area contributed by atoms with Gasteiger partial charge in [-0.2, -0.15) is 22.0 Å². The molecular weight excluding hydrogens is 515 g/mol. The Morgan fingerprint density at radius 1 is 0.842 bits per heavy atom. The molecule has 0 radical (unpaired) electrons. The summed E-state index contributed by atoms with van der Waals surface area (Å²) in [5.74, 6) is -7.17. The third-order valence-corrected chi connectivity index (χ3v) is 5.06. The highest BCUT2D eigenvalue weighted by Gasteiger charge is 2.58. The van der Waals surface area contributed by atoms with Gasteiger partial charge in [-0.1, -0.05) is 12.1 Å². The van der Waals surface area contributed by atoms with Gasteiger partial charge in [-0.3, -0.25) is 0 Å². The molecule has 3 aromatic carbocycles. The van der Waals surface area contributed by atoms with E-state index in [2.05, 4.69) is 4.74 Å². The van der Waals surface area contributed by atoms with Crippen LogP contribution in [-0.4, -0.2) is 35.8 Å². The molecule has 7 nitrogen and oxygen atoms in total. The summed E-state index contributed by atoms with van der Waals surface area (Å²) in [4.78, 5) is 24.1. The number of halogens is 5. The van der Waals surface area contributed by atoms with Gasteiger partial charge in [0.15, 0.2) is 6.61 Å². The quantitative estimate of drug-likeness (QED) is 0.111. The lowest BCUT2D eigenvalue weighted by Crippen LogP contribution is -2.41. The van der Waals surface area contributed by atoms with Gasteiger partial charge in [-0.25, -0.2) is 9.59 Å². The van der Waals surface area contributed by atoms with E-state index in [4.69, 9.17) is 16.2 Å². The summed E-state index contributed by atoms with van der Waals surface area (Å²) in [6, 6.07) is 15.1. The predicted molar refractivity (Wildman–Crippen MR) is 129 cm³/mol. The summed E-state index contributed by atoms with van der Waals surface area (Å²) < 4.78 is 72.3. The second-order valence-corrected chi connectivity index (χ2v) is 8.13. The standard InChI is InChI=1S/C26H21F5N2O5/c27-25(28,26(29,30)31)14-37-21-7-3-17(4-8-21)24(36)38-22-5-1-15(2-6-22)9-18(23(34)35)10-16-11-19(32)13-20(33)12-16/h1-9,11-13H,10,14,32-33H2,(H,34,35)/b18-9+. The average molecular weight is 536 g/mol. The number of alkyl halides is 5. The molecule has 0 unspecified atom stereocenters. The van der Waals surface area contributed by atoms with Crippen LogP contribution in [0.4, 0.5) is 33.3 Å². The summed E-state index contributed by atoms with van der Waals surface area (Å²) in [6.07, 6.45) is -4.24. The van der Waals surface area contributed by atoms with Crippen LogP contribution in [0.2, 0.25) is 0 Å². The molecule has 0 saturated carbocycles. The van der Waals surface area contributed by atoms with E-state index in [9.17, 15) is 36.6 Å². The molecule has 0 atom stereocenters. The molecule has 200 valence electrons. The van der Waals surface area contributed by atoms with E-state index in [1.165, 1.54) is 30.3 Å². The number of aliphatic carboxylic acids is 1. The minimum absolute atomic E-state index is 0.0153. The van der Waals surface area contributed by atoms with Gasteiger partial charge in [-0.15, -0.1) is 0 Å². The lowest BCUT2D eigenvalue weighted by molar-refractivity contribution is -0.290. The minimum Gasteiger partial charge on any atom is -0.487 e. The average Bonchev–Trinajstić information content (AvgIpc) is 2.82. The van der Waals surface area contributed by atoms with E-state index < -0.39 is 30.6 Å². The molecule has 0 spiro atoms. The van der Waals surface area contributed by atoms with Gasteiger partial charge in [0.05, 0.1) is 5.56 Å². The Morgan fingerprint density at radius 3 is 1.92 bits per heavy atom. The van der Waals surface area contributed by atoms with Crippen LogP contribution in [0.15, 0.2) is 72.3 Å². The van der Waals surface area contributed by atoms with Gasteiger partial charge in [0, 0.05) is 23.4 Å². The first kappa shape index (κ1) is 28.0. The third kappa shape index (κ3) is 7.45. The van der Waals surface area contributed by atoms with Crippen molar-refractivity contribution in [1.82, 2.24) is 0 Å². The molecule has 5 N–H and O–H groups in total. The fourth-order valence-electron chi connectivity index (χ4n) is 3.20. The van der Waals surface area contributed by atoms with Crippen LogP contribution in [0.3, 0.4) is 0 Å². The normalized spacial score (nSPS) is 12.2. The number of hydrogen-bond acceptors (Lipinski definition) is 6. The molecule has 12 heteroatoms. The highest BCUT2D eigenvalue weighted by molar-refractivity contribution is 5.93. The van der Waals surface area contributed by atoms with Crippen LogP contribution in [0.1, 0.15) is 21.5 Å². The molecule has 0 aliphatic heterocycles. The summed E-state index contributed by atoms with van der Waals surface area (Å²) in [5, 5.41) is 9.57. The van der Waals surface area contributed by atoms with Gasteiger partial charge >= 0.3 is 24.0 Å². The Morgan fingerprint density at radius 2 is 1.39 bits per heavy atom. The molecule has 38 heavy (non-hydrogen) atoms. The maximum absolute atomic E-state index is 13.0. The summed E-state index contributed by atoms with van der Waals surface area (Å²) >= 11 is 0. The number of esters is 1. The zero-order valence-electron chi connectivity index (χ0n) is 19.5. The van der Waals surface area contributed by atoms with Crippen molar-refractivity contribution in [1.29, 1.82) is 0 Å². The smallest absolute Gasteiger partial charge is 0.456 e. The number of nitrogen functional groups attached to an aromatic ring is 2. The van der Waals surface area contributed by atoms with E-state index in [-0.39, 0.29) is 29.1 Å². The highest BCUT2D eigenvalue weighted by Crippen LogP contribution is 2.35. The van der Waals surface area contributed by atoms with E-state index in [0.29, 0.717) is 22.5 Å². The molecule has 0 aliphatic carbocycles. The first-order valence-electron chi connectivity index (χ1n) is 10.8. The predicted octanol–water partition coefficient (Wildman–Crippen LogP) is 5.36.